The van der Waals surface area contributed by atoms with Crippen molar-refractivity contribution in [2.75, 3.05) is 13.7 Å². The van der Waals surface area contributed by atoms with E-state index < -0.39 is 33.5 Å². The lowest BCUT2D eigenvalue weighted by Gasteiger charge is -2.20. The van der Waals surface area contributed by atoms with Crippen molar-refractivity contribution in [1.29, 1.82) is 0 Å². The van der Waals surface area contributed by atoms with Crippen LogP contribution in [-0.2, 0) is 23.1 Å². The number of rotatable bonds is 8. The Kier molecular flexibility index (Phi) is 6.54. The number of hydrogen-bond donors (Lipinski definition) is 2. The molecule has 11 heteroatoms. The molecule has 1 heterocycles. The van der Waals surface area contributed by atoms with Crippen LogP contribution in [0.4, 0.5) is 4.39 Å². The molecule has 0 bridgehead atoms. The number of sulfonamides is 1. The molecule has 0 amide bonds. The van der Waals surface area contributed by atoms with Gasteiger partial charge in [-0.15, -0.1) is 0 Å². The smallest absolute Gasteiger partial charge is 0.318 e. The fourth-order valence-electron chi connectivity index (χ4n) is 4.36. The Hall–Kier alpha value is -2.76. The largest absolute Gasteiger partial charge is 0.331 e. The average Bonchev–Trinajstić information content (AvgIpc) is 3.60. The van der Waals surface area contributed by atoms with Crippen molar-refractivity contribution >= 4 is 20.9 Å². The molecule has 34 heavy (non-hydrogen) atoms. The normalized spacial score (nSPS) is 17.8. The van der Waals surface area contributed by atoms with E-state index in [1.54, 1.807) is 14.0 Å². The maximum atomic E-state index is 13.5. The topological polar surface area (TPSA) is 119 Å². The molecule has 0 saturated heterocycles. The summed E-state index contributed by atoms with van der Waals surface area (Å²) in [6, 6.07) is 4.07. The highest BCUT2D eigenvalue weighted by atomic mass is 32.2. The second-order valence-corrected chi connectivity index (χ2v) is 10.7. The molecule has 2 aliphatic rings. The van der Waals surface area contributed by atoms with Gasteiger partial charge in [-0.2, -0.15) is 0 Å². The molecule has 0 atom stereocenters. The third-order valence-corrected chi connectivity index (χ3v) is 8.09. The van der Waals surface area contributed by atoms with E-state index in [2.05, 4.69) is 4.72 Å². The number of nitrogens with zero attached hydrogens (tertiary/aromatic N) is 3. The van der Waals surface area contributed by atoms with Gasteiger partial charge in [0.05, 0.1) is 27.9 Å². The van der Waals surface area contributed by atoms with Crippen LogP contribution in [0.1, 0.15) is 39.0 Å². The molecule has 0 radical (unpaired) electrons. The van der Waals surface area contributed by atoms with Crippen LogP contribution in [0.3, 0.4) is 0 Å². The SMILES string of the molecule is CCn1c(=O)n(CC2=C(N(C)N)CCCC=C2)c(=O)c2cc(S(=O)(=O)NC3(CF)CC3)ccc21. The van der Waals surface area contributed by atoms with E-state index in [9.17, 15) is 22.4 Å². The first-order valence-corrected chi connectivity index (χ1v) is 12.8. The Balaban J connectivity index is 1.87. The summed E-state index contributed by atoms with van der Waals surface area (Å²) in [7, 11) is -2.32. The van der Waals surface area contributed by atoms with Gasteiger partial charge in [0.2, 0.25) is 10.0 Å². The van der Waals surface area contributed by atoms with E-state index in [1.165, 1.54) is 27.8 Å². The monoisotopic (exact) mass is 491 g/mol. The highest BCUT2D eigenvalue weighted by molar-refractivity contribution is 7.89. The lowest BCUT2D eigenvalue weighted by molar-refractivity contribution is 0.393. The number of aromatic nitrogens is 2. The van der Waals surface area contributed by atoms with E-state index >= 15 is 0 Å². The highest BCUT2D eigenvalue weighted by Gasteiger charge is 2.46. The predicted molar refractivity (Wildman–Crippen MR) is 128 cm³/mol. The van der Waals surface area contributed by atoms with Gasteiger partial charge in [-0.25, -0.2) is 28.2 Å². The summed E-state index contributed by atoms with van der Waals surface area (Å²) >= 11 is 0. The minimum atomic E-state index is -4.04. The maximum absolute atomic E-state index is 13.5. The summed E-state index contributed by atoms with van der Waals surface area (Å²) in [5.41, 5.74) is -0.178. The first-order valence-electron chi connectivity index (χ1n) is 11.4. The average molecular weight is 492 g/mol. The van der Waals surface area contributed by atoms with Crippen LogP contribution in [0.15, 0.2) is 56.1 Å². The van der Waals surface area contributed by atoms with Gasteiger partial charge in [-0.05, 0) is 62.8 Å². The van der Waals surface area contributed by atoms with E-state index in [4.69, 9.17) is 5.84 Å². The molecule has 3 N–H and O–H groups in total. The van der Waals surface area contributed by atoms with Crippen molar-refractivity contribution in [3.63, 3.8) is 0 Å². The number of hydrazine groups is 1. The van der Waals surface area contributed by atoms with Crippen LogP contribution < -0.4 is 21.8 Å². The number of fused-ring (bicyclic) bond motifs is 1. The fraction of sp³-hybridized carbons (Fsp3) is 0.478. The van der Waals surface area contributed by atoms with Crippen LogP contribution in [0, 0.1) is 0 Å². The molecular weight excluding hydrogens is 461 g/mol. The molecular formula is C23H30FN5O4S. The number of aryl methyl sites for hydroxylation is 1. The van der Waals surface area contributed by atoms with Crippen LogP contribution in [0.25, 0.3) is 10.9 Å². The zero-order valence-corrected chi connectivity index (χ0v) is 20.2. The van der Waals surface area contributed by atoms with Gasteiger partial charge in [0.15, 0.2) is 0 Å². The van der Waals surface area contributed by atoms with Crippen LogP contribution in [0.5, 0.6) is 0 Å². The lowest BCUT2D eigenvalue weighted by Crippen LogP contribution is -2.41. The summed E-state index contributed by atoms with van der Waals surface area (Å²) in [4.78, 5) is 26.6. The Morgan fingerprint density at radius 1 is 1.24 bits per heavy atom. The molecule has 1 saturated carbocycles. The molecule has 0 aliphatic heterocycles. The fourth-order valence-corrected chi connectivity index (χ4v) is 5.83. The van der Waals surface area contributed by atoms with Crippen molar-refractivity contribution in [2.24, 2.45) is 5.84 Å². The molecule has 1 aromatic heterocycles. The number of nitrogens with one attached hydrogen (secondary N) is 1. The lowest BCUT2D eigenvalue weighted by atomic mass is 10.1. The molecule has 1 fully saturated rings. The molecule has 2 aromatic rings. The third kappa shape index (κ3) is 4.47. The summed E-state index contributed by atoms with van der Waals surface area (Å²) in [6.45, 7) is 1.30. The molecule has 9 nitrogen and oxygen atoms in total. The first-order chi connectivity index (χ1) is 16.1. The molecule has 0 unspecified atom stereocenters. The van der Waals surface area contributed by atoms with E-state index in [0.717, 1.165) is 28.7 Å². The first kappa shape index (κ1) is 24.4. The van der Waals surface area contributed by atoms with Gasteiger partial charge in [0, 0.05) is 19.3 Å². The van der Waals surface area contributed by atoms with Crippen molar-refractivity contribution in [3.8, 4) is 0 Å². The second kappa shape index (κ2) is 9.12. The number of alkyl halides is 1. The zero-order chi connectivity index (χ0) is 24.7. The summed E-state index contributed by atoms with van der Waals surface area (Å²) in [5, 5.41) is 1.61. The Morgan fingerprint density at radius 3 is 2.59 bits per heavy atom. The number of nitrogens with two attached hydrogens (primary N) is 1. The Bertz CT molecular complexity index is 1400. The number of halogens is 1. The van der Waals surface area contributed by atoms with Crippen molar-refractivity contribution < 1.29 is 12.8 Å². The minimum absolute atomic E-state index is 0.0150. The Labute approximate surface area is 197 Å². The van der Waals surface area contributed by atoms with Crippen LogP contribution in [-0.4, -0.2) is 41.8 Å². The van der Waals surface area contributed by atoms with Crippen LogP contribution in [0.2, 0.25) is 0 Å². The van der Waals surface area contributed by atoms with E-state index in [1.807, 2.05) is 12.2 Å². The van der Waals surface area contributed by atoms with Crippen molar-refractivity contribution in [2.45, 2.75) is 62.6 Å². The third-order valence-electron chi connectivity index (χ3n) is 6.51. The predicted octanol–water partition coefficient (Wildman–Crippen LogP) is 1.76. The van der Waals surface area contributed by atoms with Gasteiger partial charge in [-0.3, -0.25) is 13.9 Å². The van der Waals surface area contributed by atoms with Gasteiger partial charge >= 0.3 is 5.69 Å². The maximum Gasteiger partial charge on any atom is 0.331 e. The molecule has 184 valence electrons. The minimum Gasteiger partial charge on any atom is -0.318 e. The molecule has 4 rings (SSSR count). The summed E-state index contributed by atoms with van der Waals surface area (Å²) < 4.78 is 44.1. The quantitative estimate of drug-likeness (QED) is 0.429. The van der Waals surface area contributed by atoms with Gasteiger partial charge in [0.1, 0.15) is 6.67 Å². The zero-order valence-electron chi connectivity index (χ0n) is 19.4. The van der Waals surface area contributed by atoms with E-state index in [0.29, 0.717) is 31.3 Å². The molecule has 2 aliphatic carbocycles. The Morgan fingerprint density at radius 2 is 1.97 bits per heavy atom. The van der Waals surface area contributed by atoms with E-state index in [-0.39, 0.29) is 16.8 Å². The standard InChI is InChI=1S/C23H30FN5O4S/c1-3-28-20-10-9-17(34(32,33)26-23(15-24)11-12-23)13-18(20)21(30)29(22(28)31)14-16-7-5-4-6-8-19(16)27(2)25/h5,7,9-10,13,26H,3-4,6,8,11-12,14-15,25H2,1-2H3. The second-order valence-electron chi connectivity index (χ2n) is 8.99. The summed E-state index contributed by atoms with van der Waals surface area (Å²) in [5.74, 6) is 6.01. The highest BCUT2D eigenvalue weighted by Crippen LogP contribution is 2.37. The molecule has 1 aromatic carbocycles. The van der Waals surface area contributed by atoms with Gasteiger partial charge in [0.25, 0.3) is 5.56 Å². The molecule has 0 spiro atoms. The van der Waals surface area contributed by atoms with Crippen LogP contribution >= 0.6 is 0 Å². The summed E-state index contributed by atoms with van der Waals surface area (Å²) in [6.07, 6.45) is 7.21. The van der Waals surface area contributed by atoms with Gasteiger partial charge < -0.3 is 5.01 Å². The van der Waals surface area contributed by atoms with Crippen molar-refractivity contribution in [1.82, 2.24) is 18.9 Å². The number of benzene rings is 1. The van der Waals surface area contributed by atoms with Crippen molar-refractivity contribution in [3.05, 3.63) is 62.5 Å². The number of hydrogen-bond acceptors (Lipinski definition) is 6. The van der Waals surface area contributed by atoms with Gasteiger partial charge in [-0.1, -0.05) is 12.2 Å². The number of allylic oxidation sites excluding steroid dienone is 4.